The average molecular weight is 1130 g/mol. The zero-order chi connectivity index (χ0) is 62.3. The summed E-state index contributed by atoms with van der Waals surface area (Å²) in [6.07, 6.45) is 8.44. The lowest BCUT2D eigenvalue weighted by Crippen LogP contribution is -2.17. The molecule has 6 N–H and O–H groups in total. The monoisotopic (exact) mass is 1130 g/mol. The third-order valence-electron chi connectivity index (χ3n) is 16.8. The van der Waals surface area contributed by atoms with E-state index in [2.05, 4.69) is 273 Å². The Morgan fingerprint density at radius 1 is 0.250 bits per heavy atom. The molecule has 7 aromatic rings. The van der Waals surface area contributed by atoms with Crippen molar-refractivity contribution in [2.45, 2.75) is 209 Å². The molecule has 0 saturated heterocycles. The number of aromatic nitrogens is 4. The first-order chi connectivity index (χ1) is 38.3. The van der Waals surface area contributed by atoms with E-state index in [0.717, 1.165) is 134 Å². The van der Waals surface area contributed by atoms with Crippen LogP contribution in [0.3, 0.4) is 0 Å². The Kier molecular flexibility index (Phi) is 14.7. The van der Waals surface area contributed by atoms with Crippen molar-refractivity contribution >= 4 is 46.4 Å². The van der Waals surface area contributed by atoms with Crippen LogP contribution in [0.5, 0.6) is 23.0 Å². The van der Waals surface area contributed by atoms with E-state index in [0.29, 0.717) is 23.0 Å². The molecule has 0 saturated carbocycles. The van der Waals surface area contributed by atoms with Gasteiger partial charge in [-0.25, -0.2) is 9.97 Å². The van der Waals surface area contributed by atoms with Crippen molar-refractivity contribution in [2.24, 2.45) is 0 Å². The molecule has 3 aromatic heterocycles. The molecule has 0 radical (unpaired) electrons. The largest absolute Gasteiger partial charge is 0.507 e. The fourth-order valence-electron chi connectivity index (χ4n) is 12.1. The van der Waals surface area contributed by atoms with Crippen LogP contribution in [0, 0.1) is 0 Å². The van der Waals surface area contributed by atoms with Gasteiger partial charge in [-0.05, 0) is 163 Å². The highest BCUT2D eigenvalue weighted by molar-refractivity contribution is 6.01. The summed E-state index contributed by atoms with van der Waals surface area (Å²) in [4.78, 5) is 19.5. The number of aromatic hydroxyl groups is 4. The van der Waals surface area contributed by atoms with Crippen LogP contribution in [0.4, 0.5) is 0 Å². The lowest BCUT2D eigenvalue weighted by molar-refractivity contribution is 0.422. The van der Waals surface area contributed by atoms with Crippen LogP contribution in [0.25, 0.3) is 90.9 Å². The molecule has 0 unspecified atom stereocenters. The predicted octanol–water partition coefficient (Wildman–Crippen LogP) is 20.5. The molecule has 0 aliphatic carbocycles. The van der Waals surface area contributed by atoms with Crippen LogP contribution in [0.2, 0.25) is 0 Å². The summed E-state index contributed by atoms with van der Waals surface area (Å²) >= 11 is 0. The van der Waals surface area contributed by atoms with Gasteiger partial charge < -0.3 is 30.4 Å². The summed E-state index contributed by atoms with van der Waals surface area (Å²) in [5.41, 5.74) is 16.6. The third kappa shape index (κ3) is 11.4. The number of phenols is 4. The first-order valence-corrected chi connectivity index (χ1v) is 30.1. The highest BCUT2D eigenvalue weighted by atomic mass is 16.3. The molecule has 2 aliphatic rings. The summed E-state index contributed by atoms with van der Waals surface area (Å²) < 4.78 is 0. The molecule has 0 spiro atoms. The number of hydrogen-bond donors (Lipinski definition) is 6. The molecule has 0 amide bonds. The van der Waals surface area contributed by atoms with Crippen molar-refractivity contribution in [3.05, 3.63) is 140 Å². The Morgan fingerprint density at radius 3 is 0.524 bits per heavy atom. The highest BCUT2D eigenvalue weighted by Gasteiger charge is 2.34. The number of phenolic OH excluding ortho intramolecular Hbond substituents is 4. The van der Waals surface area contributed by atoms with E-state index in [1.165, 1.54) is 0 Å². The molecule has 8 bridgehead atoms. The van der Waals surface area contributed by atoms with Gasteiger partial charge in [0.05, 0.1) is 22.8 Å². The van der Waals surface area contributed by atoms with Crippen molar-refractivity contribution in [3.8, 4) is 67.5 Å². The molecule has 84 heavy (non-hydrogen) atoms. The van der Waals surface area contributed by atoms with Crippen molar-refractivity contribution in [2.75, 3.05) is 0 Å². The topological polar surface area (TPSA) is 138 Å². The standard InChI is InChI=1S/C76H94N4O4/c1-69(2,3)45-33-41(34-46(65(45)81)70(4,5)6)61-53-25-27-55(77-53)62(42-35-47(71(7,8)9)66(82)48(36-42)72(10,11)12)57-29-31-59(79-57)64(44-39-51(75(19,20)21)68(84)52(40-44)76(22,23)24)60-32-30-58(80-60)63(56-28-26-54(61)78-56)43-37-49(73(13,14)15)67(83)50(38-43)74(16,17)18/h25-40,77,80-84H,1-24H3. The number of aromatic amines is 2. The lowest BCUT2D eigenvalue weighted by Gasteiger charge is -2.28. The Bertz CT molecular complexity index is 3400. The van der Waals surface area contributed by atoms with Crippen molar-refractivity contribution in [3.63, 3.8) is 0 Å². The number of rotatable bonds is 4. The number of fused-ring (bicyclic) bond motifs is 8. The maximum Gasteiger partial charge on any atom is 0.123 e. The van der Waals surface area contributed by atoms with Crippen LogP contribution >= 0.6 is 0 Å². The molecule has 0 fully saturated rings. The number of nitrogens with zero attached hydrogens (tertiary/aromatic N) is 2. The van der Waals surface area contributed by atoms with Gasteiger partial charge in [-0.2, -0.15) is 0 Å². The second-order valence-corrected chi connectivity index (χ2v) is 32.2. The van der Waals surface area contributed by atoms with Gasteiger partial charge in [0, 0.05) is 88.8 Å². The van der Waals surface area contributed by atoms with Gasteiger partial charge in [-0.3, -0.25) is 0 Å². The van der Waals surface area contributed by atoms with Gasteiger partial charge in [-0.15, -0.1) is 0 Å². The number of H-pyrrole nitrogens is 2. The van der Waals surface area contributed by atoms with Gasteiger partial charge in [0.15, 0.2) is 0 Å². The first-order valence-electron chi connectivity index (χ1n) is 30.1. The molecule has 8 heteroatoms. The lowest BCUT2D eigenvalue weighted by atomic mass is 9.77. The zero-order valence-corrected chi connectivity index (χ0v) is 54.9. The molecule has 2 aliphatic heterocycles. The van der Waals surface area contributed by atoms with Crippen LogP contribution in [-0.2, 0) is 43.3 Å². The van der Waals surface area contributed by atoms with E-state index < -0.39 is 43.3 Å². The smallest absolute Gasteiger partial charge is 0.123 e. The van der Waals surface area contributed by atoms with Gasteiger partial charge in [0.1, 0.15) is 23.0 Å². The number of nitrogens with one attached hydrogen (secondary N) is 2. The normalized spacial score (nSPS) is 13.8. The van der Waals surface area contributed by atoms with Gasteiger partial charge >= 0.3 is 0 Å². The van der Waals surface area contributed by atoms with Crippen LogP contribution in [0.15, 0.2) is 72.8 Å². The van der Waals surface area contributed by atoms with E-state index in [1.807, 2.05) is 0 Å². The molecule has 5 heterocycles. The molecular weight excluding hydrogens is 1030 g/mol. The Hall–Kier alpha value is -7.32. The van der Waals surface area contributed by atoms with E-state index in [9.17, 15) is 20.4 Å². The SMILES string of the molecule is CC(C)(C)c1cc(-c2c3nc(c(-c4cc(C(C)(C)C)c(O)c(C(C)(C)C)c4)c4ccc([nH]4)c(-c4cc(C(C)(C)C)c(O)c(C(C)(C)C)c4)c4nc(c(-c5cc(C(C)(C)C)c(O)c(C(C)(C)C)c5)c5ccc2[nH]5)C=C4)C=C3)cc(C(C)(C)C)c1O. The summed E-state index contributed by atoms with van der Waals surface area (Å²) in [7, 11) is 0. The second kappa shape index (κ2) is 20.2. The van der Waals surface area contributed by atoms with Gasteiger partial charge in [0.25, 0.3) is 0 Å². The molecular formula is C76H94N4O4. The third-order valence-corrected chi connectivity index (χ3v) is 16.8. The minimum absolute atomic E-state index is 0.295. The van der Waals surface area contributed by atoms with E-state index in [1.54, 1.807) is 0 Å². The van der Waals surface area contributed by atoms with Crippen LogP contribution < -0.4 is 0 Å². The van der Waals surface area contributed by atoms with Crippen LogP contribution in [-0.4, -0.2) is 40.4 Å². The second-order valence-electron chi connectivity index (χ2n) is 32.2. The molecule has 0 atom stereocenters. The Morgan fingerprint density at radius 2 is 0.393 bits per heavy atom. The number of benzene rings is 4. The van der Waals surface area contributed by atoms with E-state index >= 15 is 0 Å². The minimum atomic E-state index is -0.416. The highest BCUT2D eigenvalue weighted by Crippen LogP contribution is 2.50. The minimum Gasteiger partial charge on any atom is -0.507 e. The Labute approximate surface area is 501 Å². The molecule has 8 nitrogen and oxygen atoms in total. The predicted molar refractivity (Wildman–Crippen MR) is 357 cm³/mol. The molecule has 442 valence electrons. The summed E-state index contributed by atoms with van der Waals surface area (Å²) in [5.74, 6) is 1.18. The van der Waals surface area contributed by atoms with E-state index in [4.69, 9.17) is 9.97 Å². The van der Waals surface area contributed by atoms with Crippen LogP contribution in [0.1, 0.15) is 233 Å². The number of hydrogen-bond acceptors (Lipinski definition) is 6. The average Bonchev–Trinajstić information content (AvgIpc) is 2.79. The maximum atomic E-state index is 12.2. The zero-order valence-electron chi connectivity index (χ0n) is 54.9. The van der Waals surface area contributed by atoms with Crippen molar-refractivity contribution < 1.29 is 20.4 Å². The molecule has 4 aromatic carbocycles. The summed E-state index contributed by atoms with van der Waals surface area (Å²) in [5, 5.41) is 48.8. The van der Waals surface area contributed by atoms with Crippen molar-refractivity contribution in [1.29, 1.82) is 0 Å². The van der Waals surface area contributed by atoms with E-state index in [-0.39, 0.29) is 0 Å². The fourth-order valence-corrected chi connectivity index (χ4v) is 12.1. The first kappa shape index (κ1) is 61.2. The summed E-state index contributed by atoms with van der Waals surface area (Å²) in [6, 6.07) is 25.6. The maximum absolute atomic E-state index is 12.2. The Balaban J connectivity index is 1.59. The fraction of sp³-hybridized carbons (Fsp3) is 0.421. The van der Waals surface area contributed by atoms with Gasteiger partial charge in [-0.1, -0.05) is 166 Å². The molecule has 9 rings (SSSR count). The summed E-state index contributed by atoms with van der Waals surface area (Å²) in [6.45, 7) is 51.4. The van der Waals surface area contributed by atoms with Gasteiger partial charge in [0.2, 0.25) is 0 Å². The van der Waals surface area contributed by atoms with Crippen molar-refractivity contribution in [1.82, 2.24) is 19.9 Å². The quantitative estimate of drug-likeness (QED) is 0.104.